The molecule has 8 heavy (non-hydrogen) atoms. The maximum absolute atomic E-state index is 9.89. The number of carbonyl (C=O) groups is 1. The highest BCUT2D eigenvalue weighted by Gasteiger charge is 1.94. The summed E-state index contributed by atoms with van der Waals surface area (Å²) in [7, 11) is 0. The van der Waals surface area contributed by atoms with Gasteiger partial charge in [-0.2, -0.15) is 0 Å². The Kier molecular flexibility index (Phi) is 5.53. The number of aliphatic hydroxyl groups is 1. The van der Waals surface area contributed by atoms with E-state index in [0.717, 1.165) is 0 Å². The van der Waals surface area contributed by atoms with Crippen LogP contribution in [0, 0.1) is 0 Å². The van der Waals surface area contributed by atoms with Gasteiger partial charge in [0.1, 0.15) is 0 Å². The predicted molar refractivity (Wildman–Crippen MR) is 32.2 cm³/mol. The van der Waals surface area contributed by atoms with Gasteiger partial charge >= 0.3 is 0 Å². The fourth-order valence-corrected chi connectivity index (χ4v) is 0.0779. The normalized spacial score (nSPS) is 7.12. The van der Waals surface area contributed by atoms with Crippen molar-refractivity contribution < 1.29 is 9.90 Å². The second kappa shape index (κ2) is 4.33. The molecule has 0 aromatic carbocycles. The minimum Gasteiger partial charge on any atom is -0.391 e. The van der Waals surface area contributed by atoms with Crippen LogP contribution in [0.4, 0.5) is 0 Å². The zero-order valence-corrected chi connectivity index (χ0v) is 3.85. The Hall–Kier alpha value is -0.830. The summed E-state index contributed by atoms with van der Waals surface area (Å²) in [6.45, 7) is 2.80. The fourth-order valence-electron chi connectivity index (χ4n) is 0.0779. The highest BCUT2D eigenvalue weighted by molar-refractivity contribution is 5.91. The number of amides is 1. The predicted octanol–water partition coefficient (Wildman–Crippen LogP) is -0.344. The molecule has 0 aliphatic heterocycles. The van der Waals surface area contributed by atoms with Crippen LogP contribution in [-0.2, 0) is 4.79 Å². The van der Waals surface area contributed by atoms with E-state index >= 15 is 0 Å². The molecule has 0 radical (unpaired) electrons. The van der Waals surface area contributed by atoms with Gasteiger partial charge in [0.2, 0.25) is 5.91 Å². The third kappa shape index (κ3) is 3.36. The van der Waals surface area contributed by atoms with Crippen molar-refractivity contribution in [3.8, 4) is 0 Å². The summed E-state index contributed by atoms with van der Waals surface area (Å²) < 4.78 is 0. The van der Waals surface area contributed by atoms with Gasteiger partial charge in [0.05, 0.1) is 6.61 Å². The van der Waals surface area contributed by atoms with Crippen LogP contribution in [-0.4, -0.2) is 17.6 Å². The summed E-state index contributed by atoms with van der Waals surface area (Å²) >= 11 is 0. The largest absolute Gasteiger partial charge is 0.391 e. The standard InChI is InChI=1S/C4H7NO2.CH4/c1-3(2-6)4(5)7;/h6H,1-2H2,(H2,5,7);1H4. The van der Waals surface area contributed by atoms with Gasteiger partial charge in [-0.3, -0.25) is 4.79 Å². The molecule has 1 amide bonds. The van der Waals surface area contributed by atoms with E-state index in [-0.39, 0.29) is 19.6 Å². The first-order chi connectivity index (χ1) is 3.18. The maximum atomic E-state index is 9.89. The third-order valence-corrected chi connectivity index (χ3v) is 0.539. The summed E-state index contributed by atoms with van der Waals surface area (Å²) in [6.07, 6.45) is 0. The number of nitrogens with two attached hydrogens (primary N) is 1. The molecular formula is C5H11NO2. The van der Waals surface area contributed by atoms with Crippen molar-refractivity contribution in [1.29, 1.82) is 0 Å². The molecule has 0 saturated carbocycles. The second-order valence-corrected chi connectivity index (χ2v) is 1.13. The smallest absolute Gasteiger partial charge is 0.246 e. The molecule has 0 aliphatic carbocycles. The van der Waals surface area contributed by atoms with Crippen LogP contribution in [0.25, 0.3) is 0 Å². The van der Waals surface area contributed by atoms with E-state index in [1.807, 2.05) is 0 Å². The first-order valence-corrected chi connectivity index (χ1v) is 1.77. The van der Waals surface area contributed by atoms with Crippen LogP contribution in [0.1, 0.15) is 7.43 Å². The summed E-state index contributed by atoms with van der Waals surface area (Å²) in [4.78, 5) is 9.89. The Morgan fingerprint density at radius 1 is 1.75 bits per heavy atom. The number of aliphatic hydroxyl groups excluding tert-OH is 1. The van der Waals surface area contributed by atoms with Gasteiger partial charge < -0.3 is 10.8 Å². The number of hydrogen-bond acceptors (Lipinski definition) is 2. The molecule has 0 rings (SSSR count). The van der Waals surface area contributed by atoms with Crippen molar-refractivity contribution in [3.63, 3.8) is 0 Å². The van der Waals surface area contributed by atoms with Crippen LogP contribution in [0.5, 0.6) is 0 Å². The van der Waals surface area contributed by atoms with Crippen LogP contribution in [0.3, 0.4) is 0 Å². The number of carbonyl (C=O) groups excluding carboxylic acids is 1. The zero-order chi connectivity index (χ0) is 5.86. The van der Waals surface area contributed by atoms with Gasteiger partial charge in [-0.25, -0.2) is 0 Å². The van der Waals surface area contributed by atoms with E-state index in [0.29, 0.717) is 0 Å². The van der Waals surface area contributed by atoms with Crippen LogP contribution < -0.4 is 5.73 Å². The van der Waals surface area contributed by atoms with Crippen molar-refractivity contribution in [2.45, 2.75) is 7.43 Å². The Morgan fingerprint density at radius 2 is 2.12 bits per heavy atom. The maximum Gasteiger partial charge on any atom is 0.246 e. The lowest BCUT2D eigenvalue weighted by molar-refractivity contribution is -0.114. The van der Waals surface area contributed by atoms with E-state index in [1.54, 1.807) is 0 Å². The van der Waals surface area contributed by atoms with Gasteiger partial charge in [0, 0.05) is 5.57 Å². The second-order valence-electron chi connectivity index (χ2n) is 1.13. The van der Waals surface area contributed by atoms with Gasteiger partial charge in [-0.15, -0.1) is 0 Å². The molecule has 0 fully saturated rings. The number of primary amides is 1. The van der Waals surface area contributed by atoms with Crippen LogP contribution in [0.2, 0.25) is 0 Å². The molecule has 48 valence electrons. The lowest BCUT2D eigenvalue weighted by Crippen LogP contribution is -2.14. The van der Waals surface area contributed by atoms with Crippen molar-refractivity contribution in [1.82, 2.24) is 0 Å². The van der Waals surface area contributed by atoms with Gasteiger partial charge in [0.25, 0.3) is 0 Å². The Labute approximate surface area is 48.8 Å². The van der Waals surface area contributed by atoms with Gasteiger partial charge in [-0.1, -0.05) is 14.0 Å². The highest BCUT2D eigenvalue weighted by Crippen LogP contribution is 1.80. The molecule has 3 heteroatoms. The molecule has 0 aromatic rings. The van der Waals surface area contributed by atoms with E-state index in [9.17, 15) is 4.79 Å². The van der Waals surface area contributed by atoms with Crippen molar-refractivity contribution in [3.05, 3.63) is 12.2 Å². The SMILES string of the molecule is C.C=C(CO)C(N)=O. The molecule has 0 heterocycles. The molecule has 0 spiro atoms. The van der Waals surface area contributed by atoms with E-state index in [4.69, 9.17) is 5.11 Å². The minimum absolute atomic E-state index is 0. The lowest BCUT2D eigenvalue weighted by Gasteiger charge is -1.88. The molecule has 3 N–H and O–H groups in total. The van der Waals surface area contributed by atoms with E-state index in [2.05, 4.69) is 12.3 Å². The molecule has 0 unspecified atom stereocenters. The zero-order valence-electron chi connectivity index (χ0n) is 3.85. The average molecular weight is 117 g/mol. The minimum atomic E-state index is -0.650. The lowest BCUT2D eigenvalue weighted by atomic mass is 10.3. The van der Waals surface area contributed by atoms with Crippen molar-refractivity contribution in [2.75, 3.05) is 6.61 Å². The summed E-state index contributed by atoms with van der Waals surface area (Å²) in [6, 6.07) is 0. The first-order valence-electron chi connectivity index (χ1n) is 1.77. The van der Waals surface area contributed by atoms with Crippen molar-refractivity contribution >= 4 is 5.91 Å². The summed E-state index contributed by atoms with van der Waals surface area (Å²) in [5.41, 5.74) is 4.69. The molecule has 0 saturated heterocycles. The van der Waals surface area contributed by atoms with Crippen molar-refractivity contribution in [2.24, 2.45) is 5.73 Å². The Morgan fingerprint density at radius 3 is 2.12 bits per heavy atom. The molecule has 0 aromatic heterocycles. The Bertz CT molecular complexity index is 98.6. The molecule has 0 bridgehead atoms. The van der Waals surface area contributed by atoms with Crippen LogP contribution in [0.15, 0.2) is 12.2 Å². The average Bonchev–Trinajstić information content (AvgIpc) is 1.65. The molecule has 0 aliphatic rings. The quantitative estimate of drug-likeness (QED) is 0.486. The monoisotopic (exact) mass is 117 g/mol. The van der Waals surface area contributed by atoms with Gasteiger partial charge in [0.15, 0.2) is 0 Å². The molecular weight excluding hydrogens is 106 g/mol. The summed E-state index contributed by atoms with van der Waals surface area (Å²) in [5.74, 6) is -0.650. The highest BCUT2D eigenvalue weighted by atomic mass is 16.3. The van der Waals surface area contributed by atoms with E-state index < -0.39 is 5.91 Å². The number of hydrogen-bond donors (Lipinski definition) is 2. The third-order valence-electron chi connectivity index (χ3n) is 0.539. The van der Waals surface area contributed by atoms with Gasteiger partial charge in [-0.05, 0) is 0 Å². The summed E-state index contributed by atoms with van der Waals surface area (Å²) in [5, 5.41) is 8.10. The fraction of sp³-hybridized carbons (Fsp3) is 0.400. The van der Waals surface area contributed by atoms with Crippen LogP contribution >= 0.6 is 0 Å². The Balaban J connectivity index is 0. The molecule has 0 atom stereocenters. The van der Waals surface area contributed by atoms with E-state index in [1.165, 1.54) is 0 Å². The first kappa shape index (κ1) is 10.2. The topological polar surface area (TPSA) is 63.3 Å². The molecule has 3 nitrogen and oxygen atoms in total. The number of rotatable bonds is 2.